The van der Waals surface area contributed by atoms with Crippen molar-refractivity contribution >= 4 is 40.1 Å². The van der Waals surface area contributed by atoms with E-state index in [0.717, 1.165) is 5.56 Å². The molecule has 0 aliphatic heterocycles. The molecule has 0 atom stereocenters. The Balaban J connectivity index is 1.91. The maximum Gasteiger partial charge on any atom is 0.343 e. The van der Waals surface area contributed by atoms with Crippen molar-refractivity contribution < 1.29 is 13.9 Å². The molecule has 0 saturated carbocycles. The molecular weight excluding hydrogens is 411 g/mol. The number of aryl methyl sites for hydroxylation is 1. The van der Waals surface area contributed by atoms with E-state index in [2.05, 4.69) is 0 Å². The predicted octanol–water partition coefficient (Wildman–Crippen LogP) is 6.29. The van der Waals surface area contributed by atoms with Gasteiger partial charge in [-0.15, -0.1) is 0 Å². The number of hydrogen-bond donors (Lipinski definition) is 0. The highest BCUT2D eigenvalue weighted by atomic mass is 35.5. The summed E-state index contributed by atoms with van der Waals surface area (Å²) in [4.78, 5) is 25.9. The van der Waals surface area contributed by atoms with Crippen LogP contribution in [0.1, 0.15) is 15.9 Å². The average Bonchev–Trinajstić information content (AvgIpc) is 2.71. The number of benzene rings is 3. The largest absolute Gasteiger partial charge is 0.452 e. The lowest BCUT2D eigenvalue weighted by Gasteiger charge is -2.11. The zero-order valence-corrected chi connectivity index (χ0v) is 16.8. The van der Waals surface area contributed by atoms with Gasteiger partial charge in [0, 0.05) is 15.6 Å². The van der Waals surface area contributed by atoms with Gasteiger partial charge in [0.2, 0.25) is 11.2 Å². The van der Waals surface area contributed by atoms with Crippen LogP contribution < -0.4 is 10.2 Å². The first-order chi connectivity index (χ1) is 13.9. The first-order valence-corrected chi connectivity index (χ1v) is 9.49. The summed E-state index contributed by atoms with van der Waals surface area (Å²) in [5.41, 5.74) is 1.63. The Morgan fingerprint density at radius 1 is 0.931 bits per heavy atom. The van der Waals surface area contributed by atoms with E-state index in [4.69, 9.17) is 32.4 Å². The summed E-state index contributed by atoms with van der Waals surface area (Å²) < 4.78 is 11.5. The topological polar surface area (TPSA) is 56.5 Å². The van der Waals surface area contributed by atoms with Crippen molar-refractivity contribution in [3.8, 4) is 17.1 Å². The Morgan fingerprint density at radius 3 is 2.41 bits per heavy atom. The number of ether oxygens (including phenoxy) is 1. The predicted molar refractivity (Wildman–Crippen MR) is 114 cm³/mol. The first kappa shape index (κ1) is 19.2. The third-order valence-corrected chi connectivity index (χ3v) is 4.85. The van der Waals surface area contributed by atoms with Gasteiger partial charge < -0.3 is 9.15 Å². The molecule has 4 nitrogen and oxygen atoms in total. The monoisotopic (exact) mass is 424 g/mol. The molecule has 0 bridgehead atoms. The summed E-state index contributed by atoms with van der Waals surface area (Å²) in [5, 5.41) is 1.25. The van der Waals surface area contributed by atoms with Crippen LogP contribution in [0.5, 0.6) is 5.75 Å². The van der Waals surface area contributed by atoms with Gasteiger partial charge in [-0.05, 0) is 61.5 Å². The van der Waals surface area contributed by atoms with Crippen molar-refractivity contribution in [2.75, 3.05) is 0 Å². The van der Waals surface area contributed by atoms with E-state index in [9.17, 15) is 9.59 Å². The molecule has 0 amide bonds. The third-order valence-electron chi connectivity index (χ3n) is 4.37. The van der Waals surface area contributed by atoms with Gasteiger partial charge in [-0.25, -0.2) is 4.79 Å². The van der Waals surface area contributed by atoms with Crippen molar-refractivity contribution in [3.05, 3.63) is 98.1 Å². The van der Waals surface area contributed by atoms with Crippen LogP contribution >= 0.6 is 23.2 Å². The summed E-state index contributed by atoms with van der Waals surface area (Å²) in [6, 6.07) is 18.3. The number of fused-ring (bicyclic) bond motifs is 1. The summed E-state index contributed by atoms with van der Waals surface area (Å²) in [7, 11) is 0. The van der Waals surface area contributed by atoms with E-state index in [1.54, 1.807) is 54.6 Å². The van der Waals surface area contributed by atoms with Gasteiger partial charge in [0.05, 0.1) is 10.9 Å². The molecule has 4 rings (SSSR count). The standard InChI is InChI=1S/C23H14Cl2O4/c1-13-5-10-19-18(11-13)20(26)22(21(28-19)14-6-8-16(24)9-7-14)29-23(27)15-3-2-4-17(25)12-15/h2-12H,1H3. The summed E-state index contributed by atoms with van der Waals surface area (Å²) in [5.74, 6) is -0.740. The van der Waals surface area contributed by atoms with Crippen molar-refractivity contribution in [3.63, 3.8) is 0 Å². The van der Waals surface area contributed by atoms with Gasteiger partial charge in [-0.1, -0.05) is 40.9 Å². The number of halogens is 2. The van der Waals surface area contributed by atoms with Gasteiger partial charge in [0.25, 0.3) is 0 Å². The molecule has 4 aromatic rings. The van der Waals surface area contributed by atoms with Crippen molar-refractivity contribution in [1.29, 1.82) is 0 Å². The van der Waals surface area contributed by atoms with Crippen LogP contribution in [0.2, 0.25) is 10.0 Å². The lowest BCUT2D eigenvalue weighted by Crippen LogP contribution is -2.16. The highest BCUT2D eigenvalue weighted by Crippen LogP contribution is 2.32. The van der Waals surface area contributed by atoms with E-state index in [1.807, 2.05) is 13.0 Å². The van der Waals surface area contributed by atoms with E-state index in [1.165, 1.54) is 6.07 Å². The smallest absolute Gasteiger partial charge is 0.343 e. The first-order valence-electron chi connectivity index (χ1n) is 8.73. The minimum Gasteiger partial charge on any atom is -0.452 e. The number of carbonyl (C=O) groups excluding carboxylic acids is 1. The van der Waals surface area contributed by atoms with Crippen LogP contribution in [0.4, 0.5) is 0 Å². The van der Waals surface area contributed by atoms with Gasteiger partial charge in [-0.2, -0.15) is 0 Å². The molecule has 0 fully saturated rings. The Bertz CT molecular complexity index is 1290. The van der Waals surface area contributed by atoms with E-state index >= 15 is 0 Å². The molecule has 0 aliphatic carbocycles. The normalized spacial score (nSPS) is 10.9. The van der Waals surface area contributed by atoms with Crippen LogP contribution in [-0.4, -0.2) is 5.97 Å². The molecule has 0 unspecified atom stereocenters. The number of rotatable bonds is 3. The Kier molecular flexibility index (Phi) is 5.14. The van der Waals surface area contributed by atoms with E-state index in [-0.39, 0.29) is 17.1 Å². The van der Waals surface area contributed by atoms with Crippen molar-refractivity contribution in [2.24, 2.45) is 0 Å². The van der Waals surface area contributed by atoms with Crippen LogP contribution in [0.3, 0.4) is 0 Å². The molecule has 6 heteroatoms. The minimum absolute atomic E-state index is 0.151. The van der Waals surface area contributed by atoms with Crippen LogP contribution in [-0.2, 0) is 0 Å². The highest BCUT2D eigenvalue weighted by Gasteiger charge is 2.21. The maximum absolute atomic E-state index is 13.2. The molecule has 0 saturated heterocycles. The van der Waals surface area contributed by atoms with Gasteiger partial charge in [0.15, 0.2) is 5.76 Å². The quantitative estimate of drug-likeness (QED) is 0.362. The van der Waals surface area contributed by atoms with Crippen molar-refractivity contribution in [2.45, 2.75) is 6.92 Å². The lowest BCUT2D eigenvalue weighted by molar-refractivity contribution is 0.0731. The SMILES string of the molecule is Cc1ccc2oc(-c3ccc(Cl)cc3)c(OC(=O)c3cccc(Cl)c3)c(=O)c2c1. The molecular formula is C23H14Cl2O4. The molecule has 0 spiro atoms. The molecule has 0 N–H and O–H groups in total. The summed E-state index contributed by atoms with van der Waals surface area (Å²) in [6.07, 6.45) is 0. The van der Waals surface area contributed by atoms with Crippen LogP contribution in [0.15, 0.2) is 75.9 Å². The molecule has 0 radical (unpaired) electrons. The Hall–Kier alpha value is -3.08. The lowest BCUT2D eigenvalue weighted by atomic mass is 10.1. The molecule has 1 aromatic heterocycles. The molecule has 144 valence electrons. The van der Waals surface area contributed by atoms with Gasteiger partial charge >= 0.3 is 5.97 Å². The molecule has 1 heterocycles. The highest BCUT2D eigenvalue weighted by molar-refractivity contribution is 6.31. The zero-order chi connectivity index (χ0) is 20.5. The van der Waals surface area contributed by atoms with E-state index < -0.39 is 11.4 Å². The van der Waals surface area contributed by atoms with Crippen LogP contribution in [0, 0.1) is 6.92 Å². The van der Waals surface area contributed by atoms with Crippen LogP contribution in [0.25, 0.3) is 22.3 Å². The van der Waals surface area contributed by atoms with Gasteiger partial charge in [-0.3, -0.25) is 4.79 Å². The maximum atomic E-state index is 13.2. The average molecular weight is 425 g/mol. The number of hydrogen-bond acceptors (Lipinski definition) is 4. The fourth-order valence-electron chi connectivity index (χ4n) is 2.94. The Morgan fingerprint density at radius 2 is 1.69 bits per heavy atom. The summed E-state index contributed by atoms with van der Waals surface area (Å²) >= 11 is 11.9. The third kappa shape index (κ3) is 3.90. The minimum atomic E-state index is -0.706. The number of esters is 1. The second kappa shape index (κ2) is 7.74. The second-order valence-electron chi connectivity index (χ2n) is 6.50. The fourth-order valence-corrected chi connectivity index (χ4v) is 3.26. The van der Waals surface area contributed by atoms with Gasteiger partial charge in [0.1, 0.15) is 5.58 Å². The fraction of sp³-hybridized carbons (Fsp3) is 0.0435. The zero-order valence-electron chi connectivity index (χ0n) is 15.2. The Labute approximate surface area is 176 Å². The molecule has 3 aromatic carbocycles. The molecule has 0 aliphatic rings. The molecule has 29 heavy (non-hydrogen) atoms. The van der Waals surface area contributed by atoms with E-state index in [0.29, 0.717) is 26.6 Å². The van der Waals surface area contributed by atoms with Crippen molar-refractivity contribution in [1.82, 2.24) is 0 Å². The second-order valence-corrected chi connectivity index (χ2v) is 7.37. The number of carbonyl (C=O) groups is 1. The summed E-state index contributed by atoms with van der Waals surface area (Å²) in [6.45, 7) is 1.86.